The van der Waals surface area contributed by atoms with Crippen molar-refractivity contribution in [3.63, 3.8) is 0 Å². The Morgan fingerprint density at radius 1 is 0.826 bits per heavy atom. The maximum Gasteiger partial charge on any atom is 0.169 e. The molecule has 112 valence electrons. The molecule has 0 N–H and O–H groups in total. The maximum absolute atomic E-state index is 3.80. The molecule has 0 saturated carbocycles. The first kappa shape index (κ1) is 13.8. The second kappa shape index (κ2) is 5.73. The molecular weight excluding hydrogens is 280 g/mol. The number of aryl methyl sites for hydroxylation is 2. The van der Waals surface area contributed by atoms with Crippen LogP contribution in [0.15, 0.2) is 79.6 Å². The molecule has 23 heavy (non-hydrogen) atoms. The number of para-hydroxylation sites is 2. The van der Waals surface area contributed by atoms with Gasteiger partial charge in [-0.3, -0.25) is 0 Å². The molecule has 0 aliphatic heterocycles. The van der Waals surface area contributed by atoms with Gasteiger partial charge < -0.3 is 4.57 Å². The highest BCUT2D eigenvalue weighted by Gasteiger charge is 2.10. The number of fused-ring (bicyclic) bond motifs is 3. The summed E-state index contributed by atoms with van der Waals surface area (Å²) in [4.78, 5) is 0. The second-order valence-corrected chi connectivity index (χ2v) is 5.76. The van der Waals surface area contributed by atoms with Crippen LogP contribution >= 0.6 is 0 Å². The first-order valence-electron chi connectivity index (χ1n) is 7.94. The second-order valence-electron chi connectivity index (χ2n) is 5.76. The first-order chi connectivity index (χ1) is 11.4. The predicted molar refractivity (Wildman–Crippen MR) is 96.2 cm³/mol. The standard InChI is InChI=1S/C21H19N2/c1-2-17-11-13-22(14-12-17)15-16-23-20-9-5-3-7-18(20)19-8-4-6-10-21(19)23/h2-14H,1,15-16H2/q+1. The van der Waals surface area contributed by atoms with Crippen LogP contribution in [0.1, 0.15) is 5.56 Å². The van der Waals surface area contributed by atoms with Crippen LogP contribution in [-0.4, -0.2) is 4.57 Å². The predicted octanol–water partition coefficient (Wildman–Crippen LogP) is 4.43. The van der Waals surface area contributed by atoms with E-state index in [0.29, 0.717) is 0 Å². The van der Waals surface area contributed by atoms with E-state index in [1.807, 2.05) is 6.08 Å². The molecule has 0 atom stereocenters. The maximum atomic E-state index is 3.80. The number of benzene rings is 2. The van der Waals surface area contributed by atoms with Crippen molar-refractivity contribution in [2.24, 2.45) is 0 Å². The van der Waals surface area contributed by atoms with Gasteiger partial charge >= 0.3 is 0 Å². The highest BCUT2D eigenvalue weighted by Crippen LogP contribution is 2.28. The summed E-state index contributed by atoms with van der Waals surface area (Å²) in [5.74, 6) is 0. The summed E-state index contributed by atoms with van der Waals surface area (Å²) in [5.41, 5.74) is 3.76. The smallest absolute Gasteiger partial charge is 0.169 e. The number of nitrogens with zero attached hydrogens (tertiary/aromatic N) is 2. The third-order valence-corrected chi connectivity index (χ3v) is 4.41. The van der Waals surface area contributed by atoms with Gasteiger partial charge in [0.05, 0.1) is 6.54 Å². The minimum atomic E-state index is 0.945. The highest BCUT2D eigenvalue weighted by molar-refractivity contribution is 6.07. The summed E-state index contributed by atoms with van der Waals surface area (Å²) < 4.78 is 4.63. The zero-order valence-electron chi connectivity index (χ0n) is 13.0. The minimum Gasteiger partial charge on any atom is -0.334 e. The Labute approximate surface area is 135 Å². The van der Waals surface area contributed by atoms with Gasteiger partial charge in [-0.05, 0) is 17.7 Å². The zero-order valence-corrected chi connectivity index (χ0v) is 13.0. The molecule has 0 amide bonds. The van der Waals surface area contributed by atoms with Crippen molar-refractivity contribution >= 4 is 27.9 Å². The van der Waals surface area contributed by atoms with Crippen LogP contribution in [0.25, 0.3) is 27.9 Å². The zero-order chi connectivity index (χ0) is 15.6. The summed E-state index contributed by atoms with van der Waals surface area (Å²) >= 11 is 0. The Kier molecular flexibility index (Phi) is 3.43. The molecule has 0 spiro atoms. The number of pyridine rings is 1. The molecule has 2 aromatic heterocycles. The molecule has 4 rings (SSSR count). The topological polar surface area (TPSA) is 8.81 Å². The number of hydrogen-bond acceptors (Lipinski definition) is 0. The highest BCUT2D eigenvalue weighted by atomic mass is 15.0. The van der Waals surface area contributed by atoms with Crippen molar-refractivity contribution in [2.75, 3.05) is 0 Å². The van der Waals surface area contributed by atoms with Crippen molar-refractivity contribution in [2.45, 2.75) is 13.1 Å². The van der Waals surface area contributed by atoms with Gasteiger partial charge in [-0.1, -0.05) is 49.1 Å². The average molecular weight is 299 g/mol. The molecule has 2 heteroatoms. The van der Waals surface area contributed by atoms with Gasteiger partial charge in [0.1, 0.15) is 0 Å². The third kappa shape index (κ3) is 2.42. The van der Waals surface area contributed by atoms with E-state index in [4.69, 9.17) is 0 Å². The molecule has 4 aromatic rings. The van der Waals surface area contributed by atoms with Gasteiger partial charge in [0, 0.05) is 33.9 Å². The van der Waals surface area contributed by atoms with Gasteiger partial charge in [-0.2, -0.15) is 0 Å². The van der Waals surface area contributed by atoms with E-state index in [-0.39, 0.29) is 0 Å². The fourth-order valence-electron chi connectivity index (χ4n) is 3.21. The molecule has 0 fully saturated rings. The lowest BCUT2D eigenvalue weighted by molar-refractivity contribution is -0.698. The van der Waals surface area contributed by atoms with E-state index in [2.05, 4.69) is 88.8 Å². The van der Waals surface area contributed by atoms with E-state index in [0.717, 1.165) is 18.7 Å². The number of aromatic nitrogens is 2. The molecule has 2 heterocycles. The van der Waals surface area contributed by atoms with Gasteiger partial charge in [-0.25, -0.2) is 4.57 Å². The molecule has 0 bridgehead atoms. The van der Waals surface area contributed by atoms with Crippen LogP contribution in [0, 0.1) is 0 Å². The molecule has 0 aliphatic carbocycles. The fourth-order valence-corrected chi connectivity index (χ4v) is 3.21. The minimum absolute atomic E-state index is 0.945. The van der Waals surface area contributed by atoms with E-state index < -0.39 is 0 Å². The van der Waals surface area contributed by atoms with Crippen molar-refractivity contribution in [1.82, 2.24) is 4.57 Å². The van der Waals surface area contributed by atoms with Crippen molar-refractivity contribution < 1.29 is 4.57 Å². The Hall–Kier alpha value is -2.87. The summed E-state index contributed by atoms with van der Waals surface area (Å²) in [6.45, 7) is 5.70. The number of rotatable bonds is 4. The van der Waals surface area contributed by atoms with Crippen molar-refractivity contribution in [3.05, 3.63) is 85.2 Å². The molecule has 0 radical (unpaired) electrons. The summed E-state index contributed by atoms with van der Waals surface area (Å²) in [6, 6.07) is 21.5. The van der Waals surface area contributed by atoms with E-state index in [1.165, 1.54) is 21.8 Å². The third-order valence-electron chi connectivity index (χ3n) is 4.41. The molecule has 0 aliphatic rings. The van der Waals surface area contributed by atoms with Gasteiger partial charge in [0.25, 0.3) is 0 Å². The fraction of sp³-hybridized carbons (Fsp3) is 0.0952. The van der Waals surface area contributed by atoms with Gasteiger partial charge in [-0.15, -0.1) is 0 Å². The van der Waals surface area contributed by atoms with E-state index in [9.17, 15) is 0 Å². The van der Waals surface area contributed by atoms with Gasteiger partial charge in [0.2, 0.25) is 0 Å². The van der Waals surface area contributed by atoms with Crippen LogP contribution in [0.3, 0.4) is 0 Å². The Morgan fingerprint density at radius 3 is 1.96 bits per heavy atom. The Morgan fingerprint density at radius 2 is 1.39 bits per heavy atom. The van der Waals surface area contributed by atoms with Crippen LogP contribution in [0.4, 0.5) is 0 Å². The quantitative estimate of drug-likeness (QED) is 0.493. The Bertz CT molecular complexity index is 925. The van der Waals surface area contributed by atoms with Crippen LogP contribution in [0.5, 0.6) is 0 Å². The largest absolute Gasteiger partial charge is 0.334 e. The Balaban J connectivity index is 1.73. The normalized spacial score (nSPS) is 11.1. The average Bonchev–Trinajstić information content (AvgIpc) is 2.94. The monoisotopic (exact) mass is 299 g/mol. The number of hydrogen-bond donors (Lipinski definition) is 0. The molecule has 2 nitrogen and oxygen atoms in total. The van der Waals surface area contributed by atoms with E-state index in [1.54, 1.807) is 0 Å². The van der Waals surface area contributed by atoms with Crippen molar-refractivity contribution in [3.8, 4) is 0 Å². The van der Waals surface area contributed by atoms with Gasteiger partial charge in [0.15, 0.2) is 18.9 Å². The lowest BCUT2D eigenvalue weighted by Crippen LogP contribution is -2.34. The summed E-state index contributed by atoms with van der Waals surface area (Å²) in [6.07, 6.45) is 6.10. The first-order valence-corrected chi connectivity index (χ1v) is 7.94. The van der Waals surface area contributed by atoms with Crippen LogP contribution in [0.2, 0.25) is 0 Å². The van der Waals surface area contributed by atoms with E-state index >= 15 is 0 Å². The molecule has 0 unspecified atom stereocenters. The SMILES string of the molecule is C=Cc1cc[n+](CCn2c3ccccc3c3ccccc32)cc1. The van der Waals surface area contributed by atoms with Crippen LogP contribution < -0.4 is 4.57 Å². The van der Waals surface area contributed by atoms with Crippen molar-refractivity contribution in [1.29, 1.82) is 0 Å². The lowest BCUT2D eigenvalue weighted by Gasteiger charge is -2.05. The lowest BCUT2D eigenvalue weighted by atomic mass is 10.2. The molecular formula is C21H19N2+. The molecule has 0 saturated heterocycles. The van der Waals surface area contributed by atoms with Crippen LogP contribution in [-0.2, 0) is 13.1 Å². The molecule has 2 aromatic carbocycles. The summed E-state index contributed by atoms with van der Waals surface area (Å²) in [7, 11) is 0. The summed E-state index contributed by atoms with van der Waals surface area (Å²) in [5, 5.41) is 2.66.